The number of nitriles is 1. The second-order valence-electron chi connectivity index (χ2n) is 5.82. The number of aromatic nitrogens is 1. The van der Waals surface area contributed by atoms with Crippen molar-refractivity contribution in [1.82, 2.24) is 5.16 Å². The first-order valence-corrected chi connectivity index (χ1v) is 7.76. The van der Waals surface area contributed by atoms with Crippen LogP contribution in [-0.2, 0) is 4.79 Å². The Balaban J connectivity index is 1.63. The third-order valence-electron chi connectivity index (χ3n) is 4.19. The number of amides is 1. The molecule has 0 unspecified atom stereocenters. The van der Waals surface area contributed by atoms with Crippen LogP contribution >= 0.6 is 0 Å². The van der Waals surface area contributed by atoms with Crippen molar-refractivity contribution in [3.63, 3.8) is 0 Å². The van der Waals surface area contributed by atoms with Gasteiger partial charge in [0.05, 0.1) is 5.69 Å². The lowest BCUT2D eigenvalue weighted by atomic mass is 9.95. The van der Waals surface area contributed by atoms with Crippen LogP contribution in [0.4, 0.5) is 15.9 Å². The molecule has 2 aromatic rings. The Labute approximate surface area is 138 Å². The molecule has 1 aromatic heterocycles. The van der Waals surface area contributed by atoms with Gasteiger partial charge in [-0.15, -0.1) is 0 Å². The fourth-order valence-corrected chi connectivity index (χ4v) is 2.92. The minimum atomic E-state index is -0.517. The first kappa shape index (κ1) is 16.0. The van der Waals surface area contributed by atoms with E-state index in [0.29, 0.717) is 43.2 Å². The van der Waals surface area contributed by atoms with Gasteiger partial charge in [0.2, 0.25) is 5.91 Å². The number of hydrogen-bond acceptors (Lipinski definition) is 5. The molecule has 1 aromatic carbocycles. The first-order valence-electron chi connectivity index (χ1n) is 7.76. The number of anilines is 2. The topological polar surface area (TPSA) is 82.2 Å². The summed E-state index contributed by atoms with van der Waals surface area (Å²) in [4.78, 5) is 14.2. The Morgan fingerprint density at radius 3 is 2.83 bits per heavy atom. The molecule has 3 rings (SSSR count). The second-order valence-corrected chi connectivity index (χ2v) is 5.82. The summed E-state index contributed by atoms with van der Waals surface area (Å²) in [6.07, 6.45) is 1.26. The normalized spacial score (nSPS) is 15.1. The predicted molar refractivity (Wildman–Crippen MR) is 85.9 cm³/mol. The maximum atomic E-state index is 13.7. The standard InChI is InChI=1S/C17H17FN4O2/c1-11-9-16(21-24-11)20-17(23)12-5-7-22(8-6-12)15-4-2-3-14(18)13(15)10-19/h2-4,9,12H,5-8H2,1H3,(H,20,21,23). The van der Waals surface area contributed by atoms with E-state index in [9.17, 15) is 9.18 Å². The zero-order valence-corrected chi connectivity index (χ0v) is 13.3. The highest BCUT2D eigenvalue weighted by atomic mass is 19.1. The van der Waals surface area contributed by atoms with Crippen LogP contribution in [0.25, 0.3) is 0 Å². The maximum Gasteiger partial charge on any atom is 0.228 e. The van der Waals surface area contributed by atoms with Gasteiger partial charge in [0.1, 0.15) is 23.2 Å². The Morgan fingerprint density at radius 2 is 2.21 bits per heavy atom. The first-order chi connectivity index (χ1) is 11.6. The maximum absolute atomic E-state index is 13.7. The van der Waals surface area contributed by atoms with E-state index in [2.05, 4.69) is 10.5 Å². The van der Waals surface area contributed by atoms with Crippen LogP contribution in [0.2, 0.25) is 0 Å². The van der Waals surface area contributed by atoms with Gasteiger partial charge in [0.15, 0.2) is 5.82 Å². The van der Waals surface area contributed by atoms with Gasteiger partial charge in [0.25, 0.3) is 0 Å². The Kier molecular flexibility index (Phi) is 4.47. The van der Waals surface area contributed by atoms with Crippen molar-refractivity contribution in [3.05, 3.63) is 41.4 Å². The molecule has 24 heavy (non-hydrogen) atoms. The lowest BCUT2D eigenvalue weighted by Gasteiger charge is -2.33. The molecule has 1 aliphatic heterocycles. The SMILES string of the molecule is Cc1cc(NC(=O)C2CCN(c3cccc(F)c3C#N)CC2)no1. The van der Waals surface area contributed by atoms with Crippen LogP contribution in [0, 0.1) is 30.0 Å². The van der Waals surface area contributed by atoms with E-state index >= 15 is 0 Å². The van der Waals surface area contributed by atoms with Gasteiger partial charge in [-0.25, -0.2) is 4.39 Å². The summed E-state index contributed by atoms with van der Waals surface area (Å²) in [6.45, 7) is 2.94. The fraction of sp³-hybridized carbons (Fsp3) is 0.353. The summed E-state index contributed by atoms with van der Waals surface area (Å²) < 4.78 is 18.7. The molecule has 0 saturated carbocycles. The summed E-state index contributed by atoms with van der Waals surface area (Å²) in [5, 5.41) is 15.6. The number of nitrogens with zero attached hydrogens (tertiary/aromatic N) is 3. The molecule has 7 heteroatoms. The van der Waals surface area contributed by atoms with Gasteiger partial charge in [-0.3, -0.25) is 4.79 Å². The van der Waals surface area contributed by atoms with Crippen molar-refractivity contribution >= 4 is 17.4 Å². The number of hydrogen-bond donors (Lipinski definition) is 1. The molecule has 1 amide bonds. The monoisotopic (exact) mass is 328 g/mol. The molecule has 0 bridgehead atoms. The molecule has 0 radical (unpaired) electrons. The molecule has 1 saturated heterocycles. The molecule has 1 N–H and O–H groups in total. The van der Waals surface area contributed by atoms with Gasteiger partial charge in [-0.2, -0.15) is 5.26 Å². The zero-order chi connectivity index (χ0) is 17.1. The van der Waals surface area contributed by atoms with Crippen molar-refractivity contribution in [2.45, 2.75) is 19.8 Å². The largest absolute Gasteiger partial charge is 0.370 e. The van der Waals surface area contributed by atoms with E-state index < -0.39 is 5.82 Å². The minimum absolute atomic E-state index is 0.0541. The van der Waals surface area contributed by atoms with Gasteiger partial charge < -0.3 is 14.7 Å². The molecule has 0 atom stereocenters. The van der Waals surface area contributed by atoms with E-state index in [1.807, 2.05) is 11.0 Å². The van der Waals surface area contributed by atoms with Crippen molar-refractivity contribution in [2.75, 3.05) is 23.3 Å². The third-order valence-corrected chi connectivity index (χ3v) is 4.19. The van der Waals surface area contributed by atoms with Crippen LogP contribution in [0.15, 0.2) is 28.8 Å². The fourth-order valence-electron chi connectivity index (χ4n) is 2.92. The average molecular weight is 328 g/mol. The smallest absolute Gasteiger partial charge is 0.228 e. The molecule has 1 fully saturated rings. The summed E-state index contributed by atoms with van der Waals surface area (Å²) >= 11 is 0. The van der Waals surface area contributed by atoms with Gasteiger partial charge >= 0.3 is 0 Å². The number of nitrogens with one attached hydrogen (secondary N) is 1. The van der Waals surface area contributed by atoms with Gasteiger partial charge in [-0.05, 0) is 31.9 Å². The highest BCUT2D eigenvalue weighted by Crippen LogP contribution is 2.28. The lowest BCUT2D eigenvalue weighted by molar-refractivity contribution is -0.120. The highest BCUT2D eigenvalue weighted by Gasteiger charge is 2.27. The minimum Gasteiger partial charge on any atom is -0.370 e. The number of halogens is 1. The highest BCUT2D eigenvalue weighted by molar-refractivity contribution is 5.91. The number of benzene rings is 1. The predicted octanol–water partition coefficient (Wildman–Crippen LogP) is 2.85. The Hall–Kier alpha value is -2.88. The van der Waals surface area contributed by atoms with Gasteiger partial charge in [-0.1, -0.05) is 11.2 Å². The van der Waals surface area contributed by atoms with Crippen LogP contribution in [0.1, 0.15) is 24.2 Å². The number of piperidine rings is 1. The summed E-state index contributed by atoms with van der Waals surface area (Å²) in [7, 11) is 0. The van der Waals surface area contributed by atoms with Crippen LogP contribution in [0.5, 0.6) is 0 Å². The average Bonchev–Trinajstić information content (AvgIpc) is 2.99. The Morgan fingerprint density at radius 1 is 1.46 bits per heavy atom. The summed E-state index contributed by atoms with van der Waals surface area (Å²) in [6, 6.07) is 8.19. The van der Waals surface area contributed by atoms with E-state index in [0.717, 1.165) is 0 Å². The van der Waals surface area contributed by atoms with E-state index in [4.69, 9.17) is 9.78 Å². The quantitative estimate of drug-likeness (QED) is 0.937. The van der Waals surface area contributed by atoms with E-state index in [1.165, 1.54) is 6.07 Å². The third kappa shape index (κ3) is 3.23. The second kappa shape index (κ2) is 6.71. The van der Waals surface area contributed by atoms with E-state index in [-0.39, 0.29) is 17.4 Å². The number of carbonyl (C=O) groups excluding carboxylic acids is 1. The Bertz CT molecular complexity index is 788. The van der Waals surface area contributed by atoms with Crippen molar-refractivity contribution in [2.24, 2.45) is 5.92 Å². The molecule has 1 aliphatic rings. The number of rotatable bonds is 3. The number of carbonyl (C=O) groups is 1. The van der Waals surface area contributed by atoms with Crippen molar-refractivity contribution < 1.29 is 13.7 Å². The summed E-state index contributed by atoms with van der Waals surface area (Å²) in [5.74, 6) is 0.295. The van der Waals surface area contributed by atoms with Crippen molar-refractivity contribution in [3.8, 4) is 6.07 Å². The molecule has 6 nitrogen and oxygen atoms in total. The summed E-state index contributed by atoms with van der Waals surface area (Å²) in [5.41, 5.74) is 0.641. The molecular formula is C17H17FN4O2. The molecular weight excluding hydrogens is 311 g/mol. The van der Waals surface area contributed by atoms with E-state index in [1.54, 1.807) is 25.1 Å². The molecule has 124 valence electrons. The van der Waals surface area contributed by atoms with Crippen LogP contribution in [-0.4, -0.2) is 24.2 Å². The number of aryl methyl sites for hydroxylation is 1. The zero-order valence-electron chi connectivity index (χ0n) is 13.3. The van der Waals surface area contributed by atoms with Gasteiger partial charge in [0, 0.05) is 25.1 Å². The van der Waals surface area contributed by atoms with Crippen LogP contribution in [0.3, 0.4) is 0 Å². The molecule has 0 spiro atoms. The van der Waals surface area contributed by atoms with Crippen LogP contribution < -0.4 is 10.2 Å². The molecule has 0 aliphatic carbocycles. The van der Waals surface area contributed by atoms with Crippen molar-refractivity contribution in [1.29, 1.82) is 5.26 Å². The lowest BCUT2D eigenvalue weighted by Crippen LogP contribution is -2.38. The molecule has 2 heterocycles.